The molecule has 0 aliphatic carbocycles. The van der Waals surface area contributed by atoms with Crippen LogP contribution in [0.15, 0.2) is 85.1 Å². The van der Waals surface area contributed by atoms with Crippen molar-refractivity contribution in [2.45, 2.75) is 19.0 Å². The average molecular weight is 342 g/mol. The molecule has 0 amide bonds. The summed E-state index contributed by atoms with van der Waals surface area (Å²) in [5.74, 6) is 0. The van der Waals surface area contributed by atoms with Gasteiger partial charge in [-0.3, -0.25) is 4.79 Å². The number of hydrogen-bond acceptors (Lipinski definition) is 3. The molecule has 1 unspecified atom stereocenters. The molecule has 0 spiro atoms. The van der Waals surface area contributed by atoms with Crippen LogP contribution in [0.25, 0.3) is 6.08 Å². The minimum atomic E-state index is -0.345. The molecule has 0 saturated carbocycles. The Morgan fingerprint density at radius 1 is 1.15 bits per heavy atom. The first-order chi connectivity index (χ1) is 12.7. The highest BCUT2D eigenvalue weighted by atomic mass is 16.1. The Balaban J connectivity index is 2.07. The van der Waals surface area contributed by atoms with Crippen molar-refractivity contribution in [3.63, 3.8) is 0 Å². The molecule has 2 atom stereocenters. The quantitative estimate of drug-likeness (QED) is 0.606. The van der Waals surface area contributed by atoms with Crippen molar-refractivity contribution in [2.24, 2.45) is 0 Å². The Morgan fingerprint density at radius 3 is 2.46 bits per heavy atom. The Kier molecular flexibility index (Phi) is 5.28. The fourth-order valence-corrected chi connectivity index (χ4v) is 3.27. The summed E-state index contributed by atoms with van der Waals surface area (Å²) >= 11 is 0. The molecule has 3 nitrogen and oxygen atoms in total. The number of benzene rings is 2. The lowest BCUT2D eigenvalue weighted by Crippen LogP contribution is -2.40. The standard InChI is InChI=1S/C23H22N2O/c1-3-18-12-14-19(15-13-18)22(24)23(20-9-5-4-6-10-20)25-17(2)8-7-11-21(25)16-26/h3-17,23-24H,1H2,2H3/t17?,23-/m0/s1. The van der Waals surface area contributed by atoms with Crippen LogP contribution in [0, 0.1) is 5.41 Å². The second-order valence-corrected chi connectivity index (χ2v) is 6.30. The summed E-state index contributed by atoms with van der Waals surface area (Å²) in [6.45, 7) is 5.82. The van der Waals surface area contributed by atoms with Crippen molar-refractivity contribution in [1.82, 2.24) is 4.90 Å². The van der Waals surface area contributed by atoms with Gasteiger partial charge in [-0.15, -0.1) is 0 Å². The predicted octanol–water partition coefficient (Wildman–Crippen LogP) is 4.78. The van der Waals surface area contributed by atoms with Crippen LogP contribution in [-0.2, 0) is 4.79 Å². The summed E-state index contributed by atoms with van der Waals surface area (Å²) in [6, 6.07) is 17.3. The Morgan fingerprint density at radius 2 is 1.85 bits per heavy atom. The molecule has 1 aliphatic rings. The van der Waals surface area contributed by atoms with Gasteiger partial charge < -0.3 is 10.3 Å². The molecule has 0 radical (unpaired) electrons. The van der Waals surface area contributed by atoms with E-state index in [4.69, 9.17) is 5.41 Å². The van der Waals surface area contributed by atoms with Gasteiger partial charge in [-0.05, 0) is 29.7 Å². The number of aldehydes is 1. The van der Waals surface area contributed by atoms with Gasteiger partial charge >= 0.3 is 0 Å². The van der Waals surface area contributed by atoms with Gasteiger partial charge in [-0.2, -0.15) is 0 Å². The van der Waals surface area contributed by atoms with Crippen LogP contribution in [0.2, 0.25) is 0 Å². The van der Waals surface area contributed by atoms with Gasteiger partial charge in [0.15, 0.2) is 6.29 Å². The van der Waals surface area contributed by atoms with Crippen molar-refractivity contribution < 1.29 is 4.79 Å². The minimum Gasteiger partial charge on any atom is -0.350 e. The summed E-state index contributed by atoms with van der Waals surface area (Å²) < 4.78 is 0. The van der Waals surface area contributed by atoms with Crippen LogP contribution in [0.4, 0.5) is 0 Å². The maximum Gasteiger partial charge on any atom is 0.166 e. The fourth-order valence-electron chi connectivity index (χ4n) is 3.27. The van der Waals surface area contributed by atoms with Crippen molar-refractivity contribution >= 4 is 18.1 Å². The summed E-state index contributed by atoms with van der Waals surface area (Å²) in [7, 11) is 0. The second-order valence-electron chi connectivity index (χ2n) is 6.30. The minimum absolute atomic E-state index is 0.0122. The zero-order chi connectivity index (χ0) is 18.5. The van der Waals surface area contributed by atoms with E-state index in [1.807, 2.05) is 78.6 Å². The lowest BCUT2D eigenvalue weighted by molar-refractivity contribution is -0.106. The number of nitrogens with one attached hydrogen (secondary N) is 1. The molecule has 1 heterocycles. The lowest BCUT2D eigenvalue weighted by atomic mass is 9.92. The Labute approximate surface area is 154 Å². The van der Waals surface area contributed by atoms with Gasteiger partial charge in [0, 0.05) is 6.04 Å². The highest BCUT2D eigenvalue weighted by Gasteiger charge is 2.30. The van der Waals surface area contributed by atoms with Crippen LogP contribution < -0.4 is 0 Å². The number of allylic oxidation sites excluding steroid dienone is 3. The molecule has 0 aromatic heterocycles. The summed E-state index contributed by atoms with van der Waals surface area (Å²) in [5.41, 5.74) is 3.88. The van der Waals surface area contributed by atoms with Gasteiger partial charge in [0.05, 0.1) is 17.5 Å². The maximum atomic E-state index is 11.7. The topological polar surface area (TPSA) is 44.2 Å². The normalized spacial score (nSPS) is 17.3. The molecule has 130 valence electrons. The van der Waals surface area contributed by atoms with Gasteiger partial charge in [0.2, 0.25) is 0 Å². The van der Waals surface area contributed by atoms with E-state index in [0.29, 0.717) is 11.4 Å². The molecule has 3 heteroatoms. The average Bonchev–Trinajstić information content (AvgIpc) is 2.70. The van der Waals surface area contributed by atoms with Crippen LogP contribution in [-0.4, -0.2) is 22.9 Å². The number of nitrogens with zero attached hydrogens (tertiary/aromatic N) is 1. The predicted molar refractivity (Wildman–Crippen MR) is 107 cm³/mol. The van der Waals surface area contributed by atoms with Crippen molar-refractivity contribution in [3.8, 4) is 0 Å². The Hall–Kier alpha value is -3.20. The molecular weight excluding hydrogens is 320 g/mol. The van der Waals surface area contributed by atoms with Crippen LogP contribution in [0.3, 0.4) is 0 Å². The van der Waals surface area contributed by atoms with Gasteiger partial charge in [-0.25, -0.2) is 0 Å². The number of hydrogen-bond donors (Lipinski definition) is 1. The van der Waals surface area contributed by atoms with Gasteiger partial charge in [-0.1, -0.05) is 79.4 Å². The molecule has 26 heavy (non-hydrogen) atoms. The van der Waals surface area contributed by atoms with E-state index in [0.717, 1.165) is 23.0 Å². The monoisotopic (exact) mass is 342 g/mol. The summed E-state index contributed by atoms with van der Waals surface area (Å²) in [5, 5.41) is 8.91. The molecule has 2 aromatic rings. The smallest absolute Gasteiger partial charge is 0.166 e. The number of rotatable bonds is 6. The molecule has 0 bridgehead atoms. The van der Waals surface area contributed by atoms with E-state index in [-0.39, 0.29) is 12.1 Å². The largest absolute Gasteiger partial charge is 0.350 e. The third kappa shape index (κ3) is 3.42. The number of carbonyl (C=O) groups excluding carboxylic acids is 1. The van der Waals surface area contributed by atoms with E-state index in [2.05, 4.69) is 6.58 Å². The summed E-state index contributed by atoms with van der Waals surface area (Å²) in [4.78, 5) is 13.7. The SMILES string of the molecule is C=Cc1ccc(C(=N)[C@H](c2ccccc2)N2C(C=O)=CC=CC2C)cc1. The lowest BCUT2D eigenvalue weighted by Gasteiger charge is -2.39. The highest BCUT2D eigenvalue weighted by Crippen LogP contribution is 2.32. The first kappa shape index (κ1) is 17.6. The second kappa shape index (κ2) is 7.79. The number of carbonyl (C=O) groups is 1. The van der Waals surface area contributed by atoms with Crippen LogP contribution in [0.1, 0.15) is 29.7 Å². The highest BCUT2D eigenvalue weighted by molar-refractivity contribution is 6.03. The molecule has 2 aromatic carbocycles. The summed E-state index contributed by atoms with van der Waals surface area (Å²) in [6.07, 6.45) is 8.39. The molecule has 0 saturated heterocycles. The molecule has 1 aliphatic heterocycles. The zero-order valence-electron chi connectivity index (χ0n) is 14.8. The molecule has 1 N–H and O–H groups in total. The van der Waals surface area contributed by atoms with E-state index in [9.17, 15) is 4.79 Å². The third-order valence-electron chi connectivity index (χ3n) is 4.64. The third-order valence-corrected chi connectivity index (χ3v) is 4.64. The van der Waals surface area contributed by atoms with E-state index < -0.39 is 0 Å². The van der Waals surface area contributed by atoms with Crippen LogP contribution >= 0.6 is 0 Å². The van der Waals surface area contributed by atoms with E-state index in [1.54, 1.807) is 12.2 Å². The van der Waals surface area contributed by atoms with Gasteiger partial charge in [0.25, 0.3) is 0 Å². The first-order valence-electron chi connectivity index (χ1n) is 8.64. The molecule has 3 rings (SSSR count). The van der Waals surface area contributed by atoms with Gasteiger partial charge in [0.1, 0.15) is 0 Å². The first-order valence-corrected chi connectivity index (χ1v) is 8.64. The van der Waals surface area contributed by atoms with Crippen molar-refractivity contribution in [1.29, 1.82) is 5.41 Å². The van der Waals surface area contributed by atoms with E-state index in [1.165, 1.54) is 0 Å². The van der Waals surface area contributed by atoms with E-state index >= 15 is 0 Å². The van der Waals surface area contributed by atoms with Crippen molar-refractivity contribution in [3.05, 3.63) is 102 Å². The zero-order valence-corrected chi connectivity index (χ0v) is 14.8. The molecule has 0 fully saturated rings. The van der Waals surface area contributed by atoms with Crippen molar-refractivity contribution in [2.75, 3.05) is 0 Å². The Bertz CT molecular complexity index is 863. The molecular formula is C23H22N2O. The maximum absolute atomic E-state index is 11.7. The van der Waals surface area contributed by atoms with Crippen LogP contribution in [0.5, 0.6) is 0 Å². The fraction of sp³-hybridized carbons (Fsp3) is 0.130.